The largest absolute Gasteiger partial charge is 0.271 e. The quantitative estimate of drug-likeness (QED) is 0.671. The SMILES string of the molecule is Cc1ccc(F)cc1CC(NN)C1CSc2ccccc21. The minimum atomic E-state index is -0.187. The Labute approximate surface area is 128 Å². The van der Waals surface area contributed by atoms with Crippen LogP contribution in [-0.4, -0.2) is 11.8 Å². The second-order valence-electron chi connectivity index (χ2n) is 5.50. The van der Waals surface area contributed by atoms with Gasteiger partial charge < -0.3 is 0 Å². The van der Waals surface area contributed by atoms with Crippen molar-refractivity contribution in [2.24, 2.45) is 5.84 Å². The van der Waals surface area contributed by atoms with Crippen LogP contribution >= 0.6 is 11.8 Å². The molecule has 0 aromatic heterocycles. The number of halogens is 1. The second-order valence-corrected chi connectivity index (χ2v) is 6.57. The lowest BCUT2D eigenvalue weighted by Gasteiger charge is -2.24. The summed E-state index contributed by atoms with van der Waals surface area (Å²) in [5.74, 6) is 6.98. The van der Waals surface area contributed by atoms with Crippen LogP contribution < -0.4 is 11.3 Å². The van der Waals surface area contributed by atoms with E-state index >= 15 is 0 Å². The van der Waals surface area contributed by atoms with E-state index in [2.05, 4.69) is 29.7 Å². The Morgan fingerprint density at radius 2 is 2.14 bits per heavy atom. The molecular formula is C17H19FN2S. The van der Waals surface area contributed by atoms with Crippen LogP contribution in [0.4, 0.5) is 4.39 Å². The van der Waals surface area contributed by atoms with Crippen LogP contribution in [0.1, 0.15) is 22.6 Å². The van der Waals surface area contributed by atoms with Crippen LogP contribution in [0.3, 0.4) is 0 Å². The number of fused-ring (bicyclic) bond motifs is 1. The van der Waals surface area contributed by atoms with Crippen molar-refractivity contribution in [3.8, 4) is 0 Å². The molecule has 0 spiro atoms. The molecule has 0 fully saturated rings. The molecule has 1 heterocycles. The Bertz CT molecular complexity index is 644. The van der Waals surface area contributed by atoms with Gasteiger partial charge >= 0.3 is 0 Å². The van der Waals surface area contributed by atoms with E-state index in [1.807, 2.05) is 24.8 Å². The zero-order valence-corrected chi connectivity index (χ0v) is 12.8. The number of nitrogens with one attached hydrogen (secondary N) is 1. The van der Waals surface area contributed by atoms with Gasteiger partial charge in [0.15, 0.2) is 0 Å². The average Bonchev–Trinajstić information content (AvgIpc) is 2.92. The van der Waals surface area contributed by atoms with Gasteiger partial charge in [-0.15, -0.1) is 11.8 Å². The molecule has 0 saturated heterocycles. The lowest BCUT2D eigenvalue weighted by atomic mass is 9.88. The van der Waals surface area contributed by atoms with Crippen LogP contribution in [0.5, 0.6) is 0 Å². The molecule has 0 radical (unpaired) electrons. The molecule has 0 amide bonds. The molecule has 2 unspecified atom stereocenters. The summed E-state index contributed by atoms with van der Waals surface area (Å²) in [6.07, 6.45) is 0.736. The molecular weight excluding hydrogens is 283 g/mol. The summed E-state index contributed by atoms with van der Waals surface area (Å²) in [5.41, 5.74) is 6.42. The molecule has 0 bridgehead atoms. The fourth-order valence-electron chi connectivity index (χ4n) is 2.93. The highest BCUT2D eigenvalue weighted by atomic mass is 32.2. The topological polar surface area (TPSA) is 38.0 Å². The lowest BCUT2D eigenvalue weighted by molar-refractivity contribution is 0.461. The van der Waals surface area contributed by atoms with E-state index in [1.165, 1.54) is 16.5 Å². The summed E-state index contributed by atoms with van der Waals surface area (Å²) in [5, 5.41) is 0. The standard InChI is InChI=1S/C17H19FN2S/c1-11-6-7-13(18)8-12(11)9-16(20-19)15-10-21-17-5-3-2-4-14(15)17/h2-8,15-16,20H,9-10,19H2,1H3. The van der Waals surface area contributed by atoms with Crippen molar-refractivity contribution in [3.05, 3.63) is 65.0 Å². The van der Waals surface area contributed by atoms with Crippen molar-refractivity contribution in [1.82, 2.24) is 5.43 Å². The van der Waals surface area contributed by atoms with Crippen molar-refractivity contribution < 1.29 is 4.39 Å². The molecule has 3 rings (SSSR count). The molecule has 2 aromatic rings. The first kappa shape index (κ1) is 14.6. The maximum Gasteiger partial charge on any atom is 0.123 e. The first-order chi connectivity index (χ1) is 10.2. The molecule has 21 heavy (non-hydrogen) atoms. The Morgan fingerprint density at radius 1 is 1.33 bits per heavy atom. The Kier molecular flexibility index (Phi) is 4.29. The van der Waals surface area contributed by atoms with Crippen molar-refractivity contribution >= 4 is 11.8 Å². The summed E-state index contributed by atoms with van der Waals surface area (Å²) in [7, 11) is 0. The van der Waals surface area contributed by atoms with E-state index in [-0.39, 0.29) is 11.9 Å². The highest BCUT2D eigenvalue weighted by molar-refractivity contribution is 7.99. The van der Waals surface area contributed by atoms with Crippen LogP contribution in [0.2, 0.25) is 0 Å². The van der Waals surface area contributed by atoms with Gasteiger partial charge in [0.25, 0.3) is 0 Å². The fraction of sp³-hybridized carbons (Fsp3) is 0.294. The number of rotatable bonds is 4. The van der Waals surface area contributed by atoms with Gasteiger partial charge in [-0.3, -0.25) is 11.3 Å². The highest BCUT2D eigenvalue weighted by Gasteiger charge is 2.30. The van der Waals surface area contributed by atoms with Crippen molar-refractivity contribution in [1.29, 1.82) is 0 Å². The van der Waals surface area contributed by atoms with Gasteiger partial charge in [0.1, 0.15) is 5.82 Å². The number of thioether (sulfide) groups is 1. The molecule has 2 nitrogen and oxygen atoms in total. The first-order valence-corrected chi connectivity index (χ1v) is 8.10. The first-order valence-electron chi connectivity index (χ1n) is 7.12. The van der Waals surface area contributed by atoms with E-state index in [9.17, 15) is 4.39 Å². The van der Waals surface area contributed by atoms with E-state index < -0.39 is 0 Å². The summed E-state index contributed by atoms with van der Waals surface area (Å²) < 4.78 is 13.5. The summed E-state index contributed by atoms with van der Waals surface area (Å²) in [6, 6.07) is 13.5. The Balaban J connectivity index is 1.85. The van der Waals surface area contributed by atoms with Gasteiger partial charge in [-0.2, -0.15) is 0 Å². The van der Waals surface area contributed by atoms with Gasteiger partial charge in [0, 0.05) is 22.6 Å². The highest BCUT2D eigenvalue weighted by Crippen LogP contribution is 2.41. The minimum absolute atomic E-state index is 0.113. The van der Waals surface area contributed by atoms with Crippen molar-refractivity contribution in [3.63, 3.8) is 0 Å². The van der Waals surface area contributed by atoms with Gasteiger partial charge in [-0.05, 0) is 48.2 Å². The van der Waals surface area contributed by atoms with E-state index in [0.29, 0.717) is 5.92 Å². The molecule has 1 aliphatic heterocycles. The maximum atomic E-state index is 13.5. The van der Waals surface area contributed by atoms with Gasteiger partial charge in [-0.1, -0.05) is 24.3 Å². The monoisotopic (exact) mass is 302 g/mol. The lowest BCUT2D eigenvalue weighted by Crippen LogP contribution is -2.41. The molecule has 0 saturated carbocycles. The Hall–Kier alpha value is -1.36. The van der Waals surface area contributed by atoms with E-state index in [1.54, 1.807) is 6.07 Å². The molecule has 4 heteroatoms. The van der Waals surface area contributed by atoms with E-state index in [0.717, 1.165) is 23.3 Å². The van der Waals surface area contributed by atoms with Crippen molar-refractivity contribution in [2.45, 2.75) is 30.2 Å². The Morgan fingerprint density at radius 3 is 2.95 bits per heavy atom. The van der Waals surface area contributed by atoms with Crippen LogP contribution in [0.15, 0.2) is 47.4 Å². The maximum absolute atomic E-state index is 13.5. The molecule has 2 aromatic carbocycles. The normalized spacial score (nSPS) is 18.5. The molecule has 110 valence electrons. The molecule has 2 atom stereocenters. The summed E-state index contributed by atoms with van der Waals surface area (Å²) in [4.78, 5) is 1.33. The number of hydrogen-bond donors (Lipinski definition) is 2. The predicted molar refractivity (Wildman–Crippen MR) is 85.9 cm³/mol. The zero-order valence-electron chi connectivity index (χ0n) is 12.0. The summed E-state index contributed by atoms with van der Waals surface area (Å²) >= 11 is 1.87. The molecule has 3 N–H and O–H groups in total. The minimum Gasteiger partial charge on any atom is -0.271 e. The molecule has 0 aliphatic carbocycles. The van der Waals surface area contributed by atoms with E-state index in [4.69, 9.17) is 5.84 Å². The van der Waals surface area contributed by atoms with Gasteiger partial charge in [-0.25, -0.2) is 4.39 Å². The number of hydrogen-bond acceptors (Lipinski definition) is 3. The van der Waals surface area contributed by atoms with Crippen LogP contribution in [0, 0.1) is 12.7 Å². The average molecular weight is 302 g/mol. The fourth-order valence-corrected chi connectivity index (χ4v) is 4.27. The third-order valence-electron chi connectivity index (χ3n) is 4.19. The molecule has 1 aliphatic rings. The smallest absolute Gasteiger partial charge is 0.123 e. The van der Waals surface area contributed by atoms with Gasteiger partial charge in [0.2, 0.25) is 0 Å². The number of benzene rings is 2. The van der Waals surface area contributed by atoms with Crippen molar-refractivity contribution in [2.75, 3.05) is 5.75 Å². The predicted octanol–water partition coefficient (Wildman–Crippen LogP) is 3.40. The third kappa shape index (κ3) is 2.98. The van der Waals surface area contributed by atoms with Gasteiger partial charge in [0.05, 0.1) is 0 Å². The van der Waals surface area contributed by atoms with Crippen LogP contribution in [0.25, 0.3) is 0 Å². The van der Waals surface area contributed by atoms with Crippen LogP contribution in [-0.2, 0) is 6.42 Å². The summed E-state index contributed by atoms with van der Waals surface area (Å²) in [6.45, 7) is 2.01. The number of hydrazine groups is 1. The number of aryl methyl sites for hydroxylation is 1. The zero-order chi connectivity index (χ0) is 14.8. The third-order valence-corrected chi connectivity index (χ3v) is 5.40. The second kappa shape index (κ2) is 6.18. The number of nitrogens with two attached hydrogens (primary N) is 1.